The second kappa shape index (κ2) is 5.51. The molecule has 1 heterocycles. The van der Waals surface area contributed by atoms with Crippen molar-refractivity contribution in [1.29, 1.82) is 0 Å². The molecule has 1 aromatic carbocycles. The van der Waals surface area contributed by atoms with Crippen LogP contribution in [0, 0.1) is 5.82 Å². The maximum absolute atomic E-state index is 13.5. The zero-order chi connectivity index (χ0) is 14.0. The van der Waals surface area contributed by atoms with Crippen LogP contribution in [0.5, 0.6) is 5.75 Å². The van der Waals surface area contributed by atoms with E-state index in [9.17, 15) is 4.39 Å². The van der Waals surface area contributed by atoms with Crippen LogP contribution in [0.2, 0.25) is 0 Å². The maximum Gasteiger partial charge on any atom is 0.131 e. The lowest BCUT2D eigenvalue weighted by atomic mass is 9.92. The predicted molar refractivity (Wildman–Crippen MR) is 77.1 cm³/mol. The Hall–Kier alpha value is -1.71. The number of benzene rings is 1. The van der Waals surface area contributed by atoms with Crippen LogP contribution in [0.4, 0.5) is 4.39 Å². The topological polar surface area (TPSA) is 12.5 Å². The molecule has 0 N–H and O–H groups in total. The molecule has 2 rings (SSSR count). The van der Waals surface area contributed by atoms with Gasteiger partial charge in [-0.15, -0.1) is 0 Å². The molecule has 0 unspecified atom stereocenters. The minimum atomic E-state index is -0.458. The van der Waals surface area contributed by atoms with Crippen LogP contribution >= 0.6 is 0 Å². The van der Waals surface area contributed by atoms with Gasteiger partial charge in [-0.3, -0.25) is 0 Å². The van der Waals surface area contributed by atoms with E-state index in [0.29, 0.717) is 18.9 Å². The van der Waals surface area contributed by atoms with E-state index in [-0.39, 0.29) is 5.46 Å². The molecule has 1 aromatic rings. The van der Waals surface area contributed by atoms with E-state index in [2.05, 4.69) is 26.6 Å². The van der Waals surface area contributed by atoms with Crippen molar-refractivity contribution < 1.29 is 9.13 Å². The molecule has 1 aliphatic rings. The lowest BCUT2D eigenvalue weighted by molar-refractivity contribution is 0.298. The molecule has 0 atom stereocenters. The van der Waals surface area contributed by atoms with Gasteiger partial charge in [0, 0.05) is 23.5 Å². The molecule has 0 bridgehead atoms. The Morgan fingerprint density at radius 2 is 2.32 bits per heavy atom. The van der Waals surface area contributed by atoms with Crippen molar-refractivity contribution in [3.63, 3.8) is 0 Å². The minimum Gasteiger partial charge on any atom is -0.491 e. The van der Waals surface area contributed by atoms with Crippen LogP contribution < -0.4 is 10.2 Å². The fraction of sp³-hybridized carbons (Fsp3) is 0.333. The maximum atomic E-state index is 13.5. The van der Waals surface area contributed by atoms with Crippen LogP contribution in [-0.2, 0) is 0 Å². The van der Waals surface area contributed by atoms with Gasteiger partial charge in [-0.2, -0.15) is 0 Å². The number of nitrogens with zero attached hydrogens (tertiary/aromatic N) is 1. The lowest BCUT2D eigenvalue weighted by Crippen LogP contribution is -2.19. The van der Waals surface area contributed by atoms with Gasteiger partial charge in [-0.05, 0) is 13.3 Å². The van der Waals surface area contributed by atoms with Crippen molar-refractivity contribution >= 4 is 19.0 Å². The Kier molecular flexibility index (Phi) is 3.98. The largest absolute Gasteiger partial charge is 0.491 e. The standard InChI is InChI=1S/C15H17BFNO/c1-4-10(2)9-18-5-6-19-15-8-14(17)13(16)7-12(15)11(18)3/h7-9H,3-6H2,1-2H3/b10-9+. The highest BCUT2D eigenvalue weighted by Gasteiger charge is 2.19. The molecular formula is C15H17BFNO. The smallest absolute Gasteiger partial charge is 0.131 e. The second-order valence-corrected chi connectivity index (χ2v) is 4.69. The van der Waals surface area contributed by atoms with Gasteiger partial charge in [-0.1, -0.05) is 30.6 Å². The summed E-state index contributed by atoms with van der Waals surface area (Å²) in [6, 6.07) is 2.91. The highest BCUT2D eigenvalue weighted by atomic mass is 19.1. The third-order valence-corrected chi connectivity index (χ3v) is 3.28. The summed E-state index contributed by atoms with van der Waals surface area (Å²) in [5, 5.41) is 0. The first-order valence-corrected chi connectivity index (χ1v) is 6.38. The van der Waals surface area contributed by atoms with Crippen LogP contribution in [-0.4, -0.2) is 25.9 Å². The lowest BCUT2D eigenvalue weighted by Gasteiger charge is -2.21. The summed E-state index contributed by atoms with van der Waals surface area (Å²) < 4.78 is 19.0. The van der Waals surface area contributed by atoms with Crippen molar-refractivity contribution in [2.24, 2.45) is 0 Å². The molecule has 0 fully saturated rings. The van der Waals surface area contributed by atoms with Gasteiger partial charge in [0.2, 0.25) is 0 Å². The van der Waals surface area contributed by atoms with Gasteiger partial charge in [0.15, 0.2) is 0 Å². The highest BCUT2D eigenvalue weighted by molar-refractivity contribution is 6.32. The third-order valence-electron chi connectivity index (χ3n) is 3.28. The zero-order valence-electron chi connectivity index (χ0n) is 11.4. The molecule has 4 heteroatoms. The first kappa shape index (κ1) is 13.7. The molecule has 98 valence electrons. The number of hydrogen-bond donors (Lipinski definition) is 0. The molecule has 1 aliphatic heterocycles. The Morgan fingerprint density at radius 3 is 3.00 bits per heavy atom. The first-order valence-electron chi connectivity index (χ1n) is 6.38. The highest BCUT2D eigenvalue weighted by Crippen LogP contribution is 2.30. The summed E-state index contributed by atoms with van der Waals surface area (Å²) >= 11 is 0. The predicted octanol–water partition coefficient (Wildman–Crippen LogP) is 2.60. The number of fused-ring (bicyclic) bond motifs is 1. The third kappa shape index (κ3) is 2.83. The Balaban J connectivity index is 2.41. The molecule has 0 amide bonds. The number of halogens is 1. The SMILES string of the molecule is [B]c1cc2c(cc1F)OCCN(/C=C(\C)CC)C2=C. The van der Waals surface area contributed by atoms with Crippen LogP contribution in [0.3, 0.4) is 0 Å². The van der Waals surface area contributed by atoms with Crippen molar-refractivity contribution in [2.75, 3.05) is 13.2 Å². The monoisotopic (exact) mass is 257 g/mol. The molecule has 0 saturated heterocycles. The first-order chi connectivity index (χ1) is 9.02. The fourth-order valence-electron chi connectivity index (χ4n) is 1.96. The normalized spacial score (nSPS) is 15.8. The van der Waals surface area contributed by atoms with E-state index in [4.69, 9.17) is 12.6 Å². The second-order valence-electron chi connectivity index (χ2n) is 4.69. The van der Waals surface area contributed by atoms with Crippen LogP contribution in [0.25, 0.3) is 5.70 Å². The Labute approximate surface area is 115 Å². The average Bonchev–Trinajstić information content (AvgIpc) is 2.52. The minimum absolute atomic E-state index is 0.113. The summed E-state index contributed by atoms with van der Waals surface area (Å²) in [7, 11) is 5.62. The van der Waals surface area contributed by atoms with E-state index in [1.54, 1.807) is 6.07 Å². The van der Waals surface area contributed by atoms with E-state index >= 15 is 0 Å². The van der Waals surface area contributed by atoms with E-state index in [1.165, 1.54) is 11.6 Å². The van der Waals surface area contributed by atoms with Crippen LogP contribution in [0.1, 0.15) is 25.8 Å². The summed E-state index contributed by atoms with van der Waals surface area (Å²) in [6.07, 6.45) is 3.03. The van der Waals surface area contributed by atoms with Gasteiger partial charge in [-0.25, -0.2) is 4.39 Å². The van der Waals surface area contributed by atoms with E-state index in [1.807, 2.05) is 4.90 Å². The van der Waals surface area contributed by atoms with Crippen molar-refractivity contribution in [1.82, 2.24) is 4.90 Å². The van der Waals surface area contributed by atoms with Gasteiger partial charge in [0.1, 0.15) is 26.0 Å². The molecule has 2 radical (unpaired) electrons. The quantitative estimate of drug-likeness (QED) is 0.755. The molecule has 19 heavy (non-hydrogen) atoms. The summed E-state index contributed by atoms with van der Waals surface area (Å²) in [6.45, 7) is 9.42. The summed E-state index contributed by atoms with van der Waals surface area (Å²) in [4.78, 5) is 2.03. The van der Waals surface area contributed by atoms with E-state index in [0.717, 1.165) is 17.7 Å². The van der Waals surface area contributed by atoms with Crippen molar-refractivity contribution in [3.05, 3.63) is 41.9 Å². The summed E-state index contributed by atoms with van der Waals surface area (Å²) in [5.41, 5.74) is 2.89. The Morgan fingerprint density at radius 1 is 1.58 bits per heavy atom. The zero-order valence-corrected chi connectivity index (χ0v) is 11.4. The molecule has 0 spiro atoms. The van der Waals surface area contributed by atoms with Crippen LogP contribution in [0.15, 0.2) is 30.5 Å². The van der Waals surface area contributed by atoms with Gasteiger partial charge in [0.25, 0.3) is 0 Å². The molecule has 2 nitrogen and oxygen atoms in total. The molecule has 0 saturated carbocycles. The molecular weight excluding hydrogens is 240 g/mol. The molecule has 0 aromatic heterocycles. The average molecular weight is 257 g/mol. The number of rotatable bonds is 2. The number of ether oxygens (including phenoxy) is 1. The summed E-state index contributed by atoms with van der Waals surface area (Å²) in [5.74, 6) is 0.0435. The molecule has 0 aliphatic carbocycles. The fourth-order valence-corrected chi connectivity index (χ4v) is 1.96. The number of allylic oxidation sites excluding steroid dienone is 1. The van der Waals surface area contributed by atoms with Gasteiger partial charge in [0.05, 0.1) is 6.54 Å². The van der Waals surface area contributed by atoms with E-state index < -0.39 is 5.82 Å². The van der Waals surface area contributed by atoms with Gasteiger partial charge >= 0.3 is 0 Å². The Bertz CT molecular complexity index is 539. The number of hydrogen-bond acceptors (Lipinski definition) is 2. The van der Waals surface area contributed by atoms with Crippen molar-refractivity contribution in [2.45, 2.75) is 20.3 Å². The van der Waals surface area contributed by atoms with Crippen molar-refractivity contribution in [3.8, 4) is 5.75 Å². The van der Waals surface area contributed by atoms with Gasteiger partial charge < -0.3 is 9.64 Å².